The first-order valence-corrected chi connectivity index (χ1v) is 6.41. The average molecular weight is 231 g/mol. The van der Waals surface area contributed by atoms with Crippen LogP contribution in [0.2, 0.25) is 0 Å². The number of hydrogen-bond donors (Lipinski definition) is 0. The molecule has 0 spiro atoms. The molecular formula is C15H21NO. The van der Waals surface area contributed by atoms with Crippen LogP contribution in [-0.4, -0.2) is 17.4 Å². The molecule has 2 nitrogen and oxygen atoms in total. The van der Waals surface area contributed by atoms with E-state index in [1.54, 1.807) is 0 Å². The summed E-state index contributed by atoms with van der Waals surface area (Å²) in [5.74, 6) is 0.287. The Labute approximate surface area is 104 Å². The van der Waals surface area contributed by atoms with Gasteiger partial charge in [0.2, 0.25) is 5.91 Å². The summed E-state index contributed by atoms with van der Waals surface area (Å²) >= 11 is 0. The van der Waals surface area contributed by atoms with Crippen molar-refractivity contribution in [2.24, 2.45) is 5.41 Å². The SMILES string of the molecule is CCC(C)(C)C(=O)N1CCc2ccccc2C1. The molecule has 0 fully saturated rings. The van der Waals surface area contributed by atoms with Gasteiger partial charge in [0.05, 0.1) is 0 Å². The van der Waals surface area contributed by atoms with E-state index in [1.807, 2.05) is 18.7 Å². The van der Waals surface area contributed by atoms with Crippen molar-refractivity contribution in [2.75, 3.05) is 6.54 Å². The molecule has 0 aromatic heterocycles. The van der Waals surface area contributed by atoms with Gasteiger partial charge in [0.1, 0.15) is 0 Å². The van der Waals surface area contributed by atoms with E-state index >= 15 is 0 Å². The minimum atomic E-state index is -0.230. The van der Waals surface area contributed by atoms with E-state index in [9.17, 15) is 4.79 Å². The Morgan fingerprint density at radius 1 is 1.29 bits per heavy atom. The normalized spacial score (nSPS) is 15.6. The van der Waals surface area contributed by atoms with Crippen molar-refractivity contribution in [1.82, 2.24) is 4.90 Å². The largest absolute Gasteiger partial charge is 0.338 e. The molecule has 1 aromatic rings. The van der Waals surface area contributed by atoms with Crippen LogP contribution in [0.1, 0.15) is 38.3 Å². The number of carbonyl (C=O) groups is 1. The van der Waals surface area contributed by atoms with Crippen molar-refractivity contribution in [1.29, 1.82) is 0 Å². The first-order chi connectivity index (χ1) is 8.04. The van der Waals surface area contributed by atoms with Crippen LogP contribution in [0.15, 0.2) is 24.3 Å². The Bertz CT molecular complexity index is 423. The number of fused-ring (bicyclic) bond motifs is 1. The van der Waals surface area contributed by atoms with Crippen LogP contribution < -0.4 is 0 Å². The van der Waals surface area contributed by atoms with Crippen molar-refractivity contribution in [3.63, 3.8) is 0 Å². The van der Waals surface area contributed by atoms with E-state index in [0.29, 0.717) is 0 Å². The van der Waals surface area contributed by atoms with Crippen LogP contribution in [0.25, 0.3) is 0 Å². The molecule has 1 aromatic carbocycles. The fourth-order valence-corrected chi connectivity index (χ4v) is 2.25. The second-order valence-electron chi connectivity index (χ2n) is 5.48. The summed E-state index contributed by atoms with van der Waals surface area (Å²) in [6.07, 6.45) is 1.88. The molecule has 0 bridgehead atoms. The molecule has 17 heavy (non-hydrogen) atoms. The van der Waals surface area contributed by atoms with Gasteiger partial charge in [-0.15, -0.1) is 0 Å². The van der Waals surface area contributed by atoms with Crippen molar-refractivity contribution in [2.45, 2.75) is 40.2 Å². The van der Waals surface area contributed by atoms with Crippen molar-refractivity contribution in [3.8, 4) is 0 Å². The van der Waals surface area contributed by atoms with Gasteiger partial charge in [-0.2, -0.15) is 0 Å². The minimum absolute atomic E-state index is 0.230. The van der Waals surface area contributed by atoms with Crippen LogP contribution >= 0.6 is 0 Å². The Morgan fingerprint density at radius 3 is 2.59 bits per heavy atom. The lowest BCUT2D eigenvalue weighted by atomic mass is 9.87. The molecule has 0 atom stereocenters. The predicted octanol–water partition coefficient (Wildman–Crippen LogP) is 3.01. The number of amides is 1. The molecule has 0 unspecified atom stereocenters. The number of rotatable bonds is 2. The lowest BCUT2D eigenvalue weighted by Gasteiger charge is -2.34. The fraction of sp³-hybridized carbons (Fsp3) is 0.533. The standard InChI is InChI=1S/C15H21NO/c1-4-15(2,3)14(17)16-10-9-12-7-5-6-8-13(12)11-16/h5-8H,4,9-11H2,1-3H3. The average Bonchev–Trinajstić information content (AvgIpc) is 2.37. The number of carbonyl (C=O) groups excluding carboxylic acids is 1. The lowest BCUT2D eigenvalue weighted by molar-refractivity contribution is -0.141. The molecule has 0 radical (unpaired) electrons. The fourth-order valence-electron chi connectivity index (χ4n) is 2.25. The quantitative estimate of drug-likeness (QED) is 0.766. The zero-order chi connectivity index (χ0) is 12.5. The molecule has 1 amide bonds. The second-order valence-corrected chi connectivity index (χ2v) is 5.48. The van der Waals surface area contributed by atoms with Crippen LogP contribution in [-0.2, 0) is 17.8 Å². The molecule has 1 heterocycles. The Kier molecular flexibility index (Phi) is 3.23. The van der Waals surface area contributed by atoms with Crippen LogP contribution in [0, 0.1) is 5.41 Å². The molecule has 0 aliphatic carbocycles. The van der Waals surface area contributed by atoms with E-state index < -0.39 is 0 Å². The zero-order valence-corrected chi connectivity index (χ0v) is 11.0. The zero-order valence-electron chi connectivity index (χ0n) is 11.0. The van der Waals surface area contributed by atoms with Crippen LogP contribution in [0.3, 0.4) is 0 Å². The summed E-state index contributed by atoms with van der Waals surface area (Å²) in [7, 11) is 0. The Balaban J connectivity index is 2.15. The van der Waals surface area contributed by atoms with E-state index in [1.165, 1.54) is 11.1 Å². The van der Waals surface area contributed by atoms with Gasteiger partial charge in [0, 0.05) is 18.5 Å². The summed E-state index contributed by atoms with van der Waals surface area (Å²) in [6.45, 7) is 7.79. The lowest BCUT2D eigenvalue weighted by Crippen LogP contribution is -2.43. The van der Waals surface area contributed by atoms with E-state index in [4.69, 9.17) is 0 Å². The molecule has 1 aliphatic heterocycles. The van der Waals surface area contributed by atoms with Crippen molar-refractivity contribution >= 4 is 5.91 Å². The highest BCUT2D eigenvalue weighted by molar-refractivity contribution is 5.82. The molecule has 2 heteroatoms. The monoisotopic (exact) mass is 231 g/mol. The third-order valence-electron chi connectivity index (χ3n) is 3.88. The van der Waals surface area contributed by atoms with Gasteiger partial charge in [-0.25, -0.2) is 0 Å². The molecular weight excluding hydrogens is 210 g/mol. The maximum atomic E-state index is 12.4. The van der Waals surface area contributed by atoms with Gasteiger partial charge in [-0.05, 0) is 24.0 Å². The van der Waals surface area contributed by atoms with Crippen molar-refractivity contribution < 1.29 is 4.79 Å². The Hall–Kier alpha value is -1.31. The topological polar surface area (TPSA) is 20.3 Å². The maximum absolute atomic E-state index is 12.4. The van der Waals surface area contributed by atoms with E-state index in [0.717, 1.165) is 25.9 Å². The Morgan fingerprint density at radius 2 is 1.94 bits per heavy atom. The van der Waals surface area contributed by atoms with Gasteiger partial charge >= 0.3 is 0 Å². The summed E-state index contributed by atoms with van der Waals surface area (Å²) < 4.78 is 0. The third kappa shape index (κ3) is 2.36. The van der Waals surface area contributed by atoms with Gasteiger partial charge in [-0.3, -0.25) is 4.79 Å². The number of nitrogens with zero attached hydrogens (tertiary/aromatic N) is 1. The first-order valence-electron chi connectivity index (χ1n) is 6.41. The molecule has 92 valence electrons. The third-order valence-corrected chi connectivity index (χ3v) is 3.88. The first kappa shape index (κ1) is 12.2. The predicted molar refractivity (Wildman–Crippen MR) is 69.6 cm³/mol. The van der Waals surface area contributed by atoms with E-state index in [-0.39, 0.29) is 11.3 Å². The van der Waals surface area contributed by atoms with Crippen molar-refractivity contribution in [3.05, 3.63) is 35.4 Å². The highest BCUT2D eigenvalue weighted by atomic mass is 16.2. The van der Waals surface area contributed by atoms with E-state index in [2.05, 4.69) is 31.2 Å². The van der Waals surface area contributed by atoms with Gasteiger partial charge < -0.3 is 4.90 Å². The van der Waals surface area contributed by atoms with Gasteiger partial charge in [-0.1, -0.05) is 45.0 Å². The van der Waals surface area contributed by atoms with Gasteiger partial charge in [0.25, 0.3) is 0 Å². The summed E-state index contributed by atoms with van der Waals surface area (Å²) in [4.78, 5) is 14.4. The van der Waals surface area contributed by atoms with Gasteiger partial charge in [0.15, 0.2) is 0 Å². The smallest absolute Gasteiger partial charge is 0.228 e. The maximum Gasteiger partial charge on any atom is 0.228 e. The second kappa shape index (κ2) is 4.52. The van der Waals surface area contributed by atoms with Crippen LogP contribution in [0.4, 0.5) is 0 Å². The molecule has 2 rings (SSSR count). The molecule has 0 saturated heterocycles. The molecule has 0 saturated carbocycles. The summed E-state index contributed by atoms with van der Waals surface area (Å²) in [6, 6.07) is 8.43. The van der Waals surface area contributed by atoms with Crippen LogP contribution in [0.5, 0.6) is 0 Å². The highest BCUT2D eigenvalue weighted by Crippen LogP contribution is 2.27. The molecule has 1 aliphatic rings. The summed E-state index contributed by atoms with van der Waals surface area (Å²) in [5, 5.41) is 0. The number of benzene rings is 1. The summed E-state index contributed by atoms with van der Waals surface area (Å²) in [5.41, 5.74) is 2.47. The number of hydrogen-bond acceptors (Lipinski definition) is 1. The minimum Gasteiger partial charge on any atom is -0.338 e. The highest BCUT2D eigenvalue weighted by Gasteiger charge is 2.31. The molecule has 0 N–H and O–H groups in total.